The van der Waals surface area contributed by atoms with Crippen molar-refractivity contribution in [3.8, 4) is 0 Å². The molecular weight excluding hydrogens is 328 g/mol. The Morgan fingerprint density at radius 2 is 2.21 bits per heavy atom. The van der Waals surface area contributed by atoms with E-state index in [4.69, 9.17) is 0 Å². The number of carbonyl (C=O) groups excluding carboxylic acids is 1. The molecule has 0 aromatic heterocycles. The molecule has 2 aliphatic heterocycles. The lowest BCUT2D eigenvalue weighted by atomic mass is 9.88. The molecule has 2 aliphatic rings. The molecule has 3 nitrogen and oxygen atoms in total. The number of nitrogens with zero attached hydrogens (tertiary/aromatic N) is 1. The summed E-state index contributed by atoms with van der Waals surface area (Å²) in [4.78, 5) is 14.5. The molecule has 0 radical (unpaired) electrons. The van der Waals surface area contributed by atoms with Crippen LogP contribution < -0.4 is 10.2 Å². The van der Waals surface area contributed by atoms with Crippen molar-refractivity contribution in [3.05, 3.63) is 28.2 Å². The molecule has 0 spiro atoms. The van der Waals surface area contributed by atoms with Crippen LogP contribution in [0.5, 0.6) is 0 Å². The average Bonchev–Trinajstić information content (AvgIpc) is 2.68. The second kappa shape index (κ2) is 5.81. The fourth-order valence-corrected chi connectivity index (χ4v) is 3.12. The highest BCUT2D eigenvalue weighted by Gasteiger charge is 2.34. The van der Waals surface area contributed by atoms with Crippen LogP contribution in [0.25, 0.3) is 0 Å². The number of benzene rings is 1. The van der Waals surface area contributed by atoms with Gasteiger partial charge in [-0.3, -0.25) is 4.79 Å². The summed E-state index contributed by atoms with van der Waals surface area (Å²) in [6.45, 7) is 4.85. The quantitative estimate of drug-likeness (QED) is 0.893. The van der Waals surface area contributed by atoms with Crippen LogP contribution >= 0.6 is 28.3 Å². The normalized spacial score (nSPS) is 19.4. The van der Waals surface area contributed by atoms with E-state index in [1.807, 2.05) is 11.0 Å². The zero-order valence-electron chi connectivity index (χ0n) is 10.9. The molecule has 1 amide bonds. The molecule has 1 atom stereocenters. The van der Waals surface area contributed by atoms with Crippen LogP contribution in [-0.4, -0.2) is 25.5 Å². The van der Waals surface area contributed by atoms with Gasteiger partial charge in [-0.05, 0) is 49.2 Å². The van der Waals surface area contributed by atoms with Gasteiger partial charge in [0.1, 0.15) is 0 Å². The molecular formula is C14H18BrClN2O. The number of rotatable bonds is 2. The first-order valence-corrected chi connectivity index (χ1v) is 7.26. The molecule has 1 aromatic carbocycles. The third-order valence-corrected chi connectivity index (χ3v) is 4.61. The van der Waals surface area contributed by atoms with Crippen molar-refractivity contribution in [2.45, 2.75) is 13.3 Å². The molecule has 0 aliphatic carbocycles. The molecule has 104 valence electrons. The fraction of sp³-hybridized carbons (Fsp3) is 0.500. The van der Waals surface area contributed by atoms with Crippen molar-refractivity contribution in [2.75, 3.05) is 24.5 Å². The van der Waals surface area contributed by atoms with Crippen LogP contribution in [0.15, 0.2) is 22.7 Å². The Hall–Kier alpha value is -0.580. The van der Waals surface area contributed by atoms with E-state index in [0.717, 1.165) is 36.2 Å². The van der Waals surface area contributed by atoms with E-state index in [1.165, 1.54) is 5.56 Å². The Balaban J connectivity index is 0.00000133. The minimum absolute atomic E-state index is 0. The molecule has 1 fully saturated rings. The largest absolute Gasteiger partial charge is 0.316 e. The third kappa shape index (κ3) is 2.67. The predicted molar refractivity (Wildman–Crippen MR) is 83.0 cm³/mol. The third-order valence-electron chi connectivity index (χ3n) is 4.11. The van der Waals surface area contributed by atoms with Gasteiger partial charge in [-0.1, -0.05) is 22.9 Å². The highest BCUT2D eigenvalue weighted by atomic mass is 79.9. The first-order chi connectivity index (χ1) is 8.66. The second-order valence-electron chi connectivity index (χ2n) is 5.22. The monoisotopic (exact) mass is 344 g/mol. The summed E-state index contributed by atoms with van der Waals surface area (Å²) in [7, 11) is 0. The Bertz CT molecular complexity index is 490. The van der Waals surface area contributed by atoms with E-state index in [-0.39, 0.29) is 24.2 Å². The molecule has 3 rings (SSSR count). The van der Waals surface area contributed by atoms with Gasteiger partial charge in [0.15, 0.2) is 0 Å². The number of fused-ring (bicyclic) bond motifs is 1. The number of hydrogen-bond acceptors (Lipinski definition) is 2. The van der Waals surface area contributed by atoms with Crippen molar-refractivity contribution in [1.29, 1.82) is 0 Å². The minimum Gasteiger partial charge on any atom is -0.316 e. The molecule has 1 N–H and O–H groups in total. The second-order valence-corrected chi connectivity index (χ2v) is 6.14. The maximum Gasteiger partial charge on any atom is 0.230 e. The summed E-state index contributed by atoms with van der Waals surface area (Å²) in [6, 6.07) is 6.19. The van der Waals surface area contributed by atoms with Gasteiger partial charge in [0.2, 0.25) is 5.91 Å². The molecule has 1 aromatic rings. The Kier molecular flexibility index (Phi) is 4.54. The van der Waals surface area contributed by atoms with E-state index in [0.29, 0.717) is 5.92 Å². The summed E-state index contributed by atoms with van der Waals surface area (Å²) in [6.07, 6.45) is 0.968. The molecule has 2 heterocycles. The fourth-order valence-electron chi connectivity index (χ4n) is 2.71. The number of anilines is 1. The summed E-state index contributed by atoms with van der Waals surface area (Å²) < 4.78 is 1.09. The first kappa shape index (κ1) is 14.8. The highest BCUT2D eigenvalue weighted by Crippen LogP contribution is 2.32. The van der Waals surface area contributed by atoms with E-state index < -0.39 is 0 Å². The summed E-state index contributed by atoms with van der Waals surface area (Å²) in [5.74, 6) is 0.917. The molecule has 0 bridgehead atoms. The van der Waals surface area contributed by atoms with E-state index in [2.05, 4.69) is 40.3 Å². The lowest BCUT2D eigenvalue weighted by Gasteiger charge is -2.34. The van der Waals surface area contributed by atoms with Crippen LogP contribution in [0.2, 0.25) is 0 Å². The maximum atomic E-state index is 12.5. The number of carbonyl (C=O) groups is 1. The Morgan fingerprint density at radius 3 is 2.84 bits per heavy atom. The van der Waals surface area contributed by atoms with Crippen LogP contribution in [0.3, 0.4) is 0 Å². The van der Waals surface area contributed by atoms with Gasteiger partial charge in [0.05, 0.1) is 0 Å². The lowest BCUT2D eigenvalue weighted by molar-refractivity contribution is -0.123. The average molecular weight is 346 g/mol. The van der Waals surface area contributed by atoms with Gasteiger partial charge in [-0.25, -0.2) is 0 Å². The topological polar surface area (TPSA) is 32.3 Å². The van der Waals surface area contributed by atoms with Gasteiger partial charge in [0.25, 0.3) is 0 Å². The molecule has 5 heteroatoms. The number of halogens is 2. The minimum atomic E-state index is 0. The molecule has 19 heavy (non-hydrogen) atoms. The zero-order valence-corrected chi connectivity index (χ0v) is 13.3. The van der Waals surface area contributed by atoms with Crippen LogP contribution in [0, 0.1) is 11.8 Å². The number of amides is 1. The molecule has 1 unspecified atom stereocenters. The van der Waals surface area contributed by atoms with Gasteiger partial charge in [-0.2, -0.15) is 0 Å². The maximum absolute atomic E-state index is 12.5. The zero-order chi connectivity index (χ0) is 12.7. The van der Waals surface area contributed by atoms with Gasteiger partial charge in [0, 0.05) is 22.6 Å². The van der Waals surface area contributed by atoms with Crippen molar-refractivity contribution < 1.29 is 4.79 Å². The first-order valence-electron chi connectivity index (χ1n) is 6.47. The van der Waals surface area contributed by atoms with E-state index in [9.17, 15) is 4.79 Å². The number of nitrogens with one attached hydrogen (secondary N) is 1. The van der Waals surface area contributed by atoms with Gasteiger partial charge < -0.3 is 10.2 Å². The smallest absolute Gasteiger partial charge is 0.230 e. The standard InChI is InChI=1S/C14H17BrN2O.ClH/c1-9(11-7-16-8-11)14(18)17-5-4-10-6-12(15)2-3-13(10)17;/h2-3,6,9,11,16H,4-5,7-8H2,1H3;1H. The summed E-state index contributed by atoms with van der Waals surface area (Å²) in [5.41, 5.74) is 2.37. The molecule has 0 saturated carbocycles. The lowest BCUT2D eigenvalue weighted by Crippen LogP contribution is -2.50. The predicted octanol–water partition coefficient (Wildman–Crippen LogP) is 2.62. The SMILES string of the molecule is CC(C(=O)N1CCc2cc(Br)ccc21)C1CNC1.Cl. The molecule has 1 saturated heterocycles. The van der Waals surface area contributed by atoms with Crippen LogP contribution in [-0.2, 0) is 11.2 Å². The van der Waals surface area contributed by atoms with Crippen LogP contribution in [0.4, 0.5) is 5.69 Å². The van der Waals surface area contributed by atoms with Crippen molar-refractivity contribution in [1.82, 2.24) is 5.32 Å². The van der Waals surface area contributed by atoms with Gasteiger partial charge >= 0.3 is 0 Å². The summed E-state index contributed by atoms with van der Waals surface area (Å²) >= 11 is 3.48. The Labute approximate surface area is 128 Å². The van der Waals surface area contributed by atoms with E-state index >= 15 is 0 Å². The number of hydrogen-bond donors (Lipinski definition) is 1. The van der Waals surface area contributed by atoms with E-state index in [1.54, 1.807) is 0 Å². The van der Waals surface area contributed by atoms with Crippen molar-refractivity contribution >= 4 is 39.9 Å². The van der Waals surface area contributed by atoms with Crippen molar-refractivity contribution in [2.24, 2.45) is 11.8 Å². The van der Waals surface area contributed by atoms with Gasteiger partial charge in [-0.15, -0.1) is 12.4 Å². The van der Waals surface area contributed by atoms with Crippen LogP contribution in [0.1, 0.15) is 12.5 Å². The van der Waals surface area contributed by atoms with Crippen molar-refractivity contribution in [3.63, 3.8) is 0 Å². The summed E-state index contributed by atoms with van der Waals surface area (Å²) in [5, 5.41) is 3.24. The highest BCUT2D eigenvalue weighted by molar-refractivity contribution is 9.10. The Morgan fingerprint density at radius 1 is 1.47 bits per heavy atom.